The molecule has 1 aromatic carbocycles. The Kier molecular flexibility index (Phi) is 7.32. The second-order valence-corrected chi connectivity index (χ2v) is 10.4. The minimum Gasteiger partial charge on any atom is -0.373 e. The number of piperidine rings is 1. The van der Waals surface area contributed by atoms with Crippen molar-refractivity contribution in [3.8, 4) is 0 Å². The number of nitrogens with zero attached hydrogens (tertiary/aromatic N) is 2. The Bertz CT molecular complexity index is 787. The van der Waals surface area contributed by atoms with E-state index in [1.807, 2.05) is 29.2 Å². The van der Waals surface area contributed by atoms with E-state index >= 15 is 0 Å². The van der Waals surface area contributed by atoms with E-state index < -0.39 is 10.0 Å². The van der Waals surface area contributed by atoms with E-state index in [9.17, 15) is 13.2 Å². The predicted molar refractivity (Wildman–Crippen MR) is 113 cm³/mol. The van der Waals surface area contributed by atoms with Gasteiger partial charge in [0, 0.05) is 44.8 Å². The summed E-state index contributed by atoms with van der Waals surface area (Å²) in [6, 6.07) is 7.88. The second-order valence-electron chi connectivity index (χ2n) is 8.53. The molecule has 0 radical (unpaired) electrons. The molecule has 7 nitrogen and oxygen atoms in total. The summed E-state index contributed by atoms with van der Waals surface area (Å²) >= 11 is 0. The van der Waals surface area contributed by atoms with Crippen LogP contribution >= 0.6 is 0 Å². The van der Waals surface area contributed by atoms with Gasteiger partial charge in [0.2, 0.25) is 10.0 Å². The summed E-state index contributed by atoms with van der Waals surface area (Å²) in [6.07, 6.45) is 3.47. The zero-order chi connectivity index (χ0) is 21.0. The van der Waals surface area contributed by atoms with Crippen LogP contribution in [-0.4, -0.2) is 75.3 Å². The van der Waals surface area contributed by atoms with Gasteiger partial charge < -0.3 is 9.64 Å². The number of rotatable bonds is 6. The minimum atomic E-state index is -3.20. The van der Waals surface area contributed by atoms with E-state index in [2.05, 4.69) is 23.5 Å². The molecule has 0 bridgehead atoms. The maximum absolute atomic E-state index is 12.9. The molecule has 2 aliphatic heterocycles. The molecule has 1 aromatic rings. The molecule has 0 spiro atoms. The Morgan fingerprint density at radius 1 is 1.14 bits per heavy atom. The molecule has 1 amide bonds. The van der Waals surface area contributed by atoms with E-state index in [0.29, 0.717) is 18.7 Å². The van der Waals surface area contributed by atoms with Gasteiger partial charge in [0.05, 0.1) is 18.5 Å². The van der Waals surface area contributed by atoms with E-state index in [1.54, 1.807) is 0 Å². The first-order valence-electron chi connectivity index (χ1n) is 10.4. The summed E-state index contributed by atoms with van der Waals surface area (Å²) in [5.74, 6) is 0.182. The summed E-state index contributed by atoms with van der Waals surface area (Å²) in [7, 11) is -3.20. The topological polar surface area (TPSA) is 79.0 Å². The van der Waals surface area contributed by atoms with Gasteiger partial charge in [0.15, 0.2) is 0 Å². The molecule has 0 saturated carbocycles. The molecule has 1 N–H and O–H groups in total. The van der Waals surface area contributed by atoms with Gasteiger partial charge in [-0.3, -0.25) is 9.69 Å². The average molecular weight is 424 g/mol. The van der Waals surface area contributed by atoms with Crippen molar-refractivity contribution in [3.63, 3.8) is 0 Å². The summed E-state index contributed by atoms with van der Waals surface area (Å²) in [5.41, 5.74) is 1.88. The Morgan fingerprint density at radius 2 is 1.79 bits per heavy atom. The highest BCUT2D eigenvalue weighted by atomic mass is 32.2. The van der Waals surface area contributed by atoms with Crippen LogP contribution in [0.3, 0.4) is 0 Å². The van der Waals surface area contributed by atoms with Crippen LogP contribution in [0, 0.1) is 5.92 Å². The number of carbonyl (C=O) groups excluding carboxylic acids is 1. The Labute approximate surface area is 174 Å². The molecule has 0 aromatic heterocycles. The number of nitrogens with one attached hydrogen (secondary N) is 1. The molecular weight excluding hydrogens is 390 g/mol. The molecule has 2 fully saturated rings. The lowest BCUT2D eigenvalue weighted by Gasteiger charge is -2.35. The predicted octanol–water partition coefficient (Wildman–Crippen LogP) is 1.70. The largest absolute Gasteiger partial charge is 0.373 e. The van der Waals surface area contributed by atoms with Crippen molar-refractivity contribution in [1.82, 2.24) is 14.5 Å². The van der Waals surface area contributed by atoms with E-state index in [-0.39, 0.29) is 24.0 Å². The molecule has 3 atom stereocenters. The number of morpholine rings is 1. The van der Waals surface area contributed by atoms with Gasteiger partial charge in [0.25, 0.3) is 5.91 Å². The lowest BCUT2D eigenvalue weighted by Crippen LogP contribution is -2.44. The lowest BCUT2D eigenvalue weighted by atomic mass is 9.97. The fraction of sp³-hybridized carbons (Fsp3) is 0.667. The molecule has 8 heteroatoms. The lowest BCUT2D eigenvalue weighted by molar-refractivity contribution is -0.0704. The van der Waals surface area contributed by atoms with Gasteiger partial charge in [-0.05, 0) is 50.3 Å². The van der Waals surface area contributed by atoms with E-state index in [0.717, 1.165) is 39.0 Å². The highest BCUT2D eigenvalue weighted by Crippen LogP contribution is 2.19. The quantitative estimate of drug-likeness (QED) is 0.753. The standard InChI is InChI=1S/C21H33N3O4S/c1-16-12-23(13-17(2)28-16)14-18-6-8-20(9-7-18)21(25)24-10-4-5-19(15-24)11-22-29(3,26)27/h6-9,16-17,19,22H,4-5,10-15H2,1-3H3/t16-,17+,19-/m0/s1. The summed E-state index contributed by atoms with van der Waals surface area (Å²) in [5, 5.41) is 0. The maximum Gasteiger partial charge on any atom is 0.253 e. The van der Waals surface area contributed by atoms with Crippen LogP contribution in [0.15, 0.2) is 24.3 Å². The summed E-state index contributed by atoms with van der Waals surface area (Å²) < 4.78 is 31.0. The number of hydrogen-bond acceptors (Lipinski definition) is 5. The number of carbonyl (C=O) groups is 1. The number of likely N-dealkylation sites (tertiary alicyclic amines) is 1. The van der Waals surface area contributed by atoms with Crippen LogP contribution in [0.25, 0.3) is 0 Å². The Hall–Kier alpha value is -1.48. The molecule has 2 aliphatic rings. The molecule has 2 heterocycles. The zero-order valence-corrected chi connectivity index (χ0v) is 18.5. The fourth-order valence-corrected chi connectivity index (χ4v) is 4.83. The van der Waals surface area contributed by atoms with Crippen molar-refractivity contribution >= 4 is 15.9 Å². The van der Waals surface area contributed by atoms with Gasteiger partial charge >= 0.3 is 0 Å². The zero-order valence-electron chi connectivity index (χ0n) is 17.6. The first kappa shape index (κ1) is 22.2. The van der Waals surface area contributed by atoms with Gasteiger partial charge in [-0.15, -0.1) is 0 Å². The third kappa shape index (κ3) is 6.77. The normalized spacial score (nSPS) is 26.4. The van der Waals surface area contributed by atoms with E-state index in [1.165, 1.54) is 11.8 Å². The van der Waals surface area contributed by atoms with E-state index in [4.69, 9.17) is 4.74 Å². The fourth-order valence-electron chi connectivity index (χ4n) is 4.29. The van der Waals surface area contributed by atoms with Crippen molar-refractivity contribution in [3.05, 3.63) is 35.4 Å². The van der Waals surface area contributed by atoms with Crippen molar-refractivity contribution < 1.29 is 17.9 Å². The molecule has 0 aliphatic carbocycles. The number of benzene rings is 1. The average Bonchev–Trinajstić information content (AvgIpc) is 2.65. The smallest absolute Gasteiger partial charge is 0.253 e. The highest BCUT2D eigenvalue weighted by Gasteiger charge is 2.25. The van der Waals surface area contributed by atoms with Crippen LogP contribution in [-0.2, 0) is 21.3 Å². The van der Waals surface area contributed by atoms with Crippen LogP contribution in [0.4, 0.5) is 0 Å². The highest BCUT2D eigenvalue weighted by molar-refractivity contribution is 7.88. The molecule has 2 saturated heterocycles. The number of sulfonamides is 1. The van der Waals surface area contributed by atoms with Gasteiger partial charge in [-0.1, -0.05) is 12.1 Å². The van der Waals surface area contributed by atoms with Crippen LogP contribution in [0.5, 0.6) is 0 Å². The van der Waals surface area contributed by atoms with Crippen LogP contribution < -0.4 is 4.72 Å². The van der Waals surface area contributed by atoms with Crippen molar-refractivity contribution in [1.29, 1.82) is 0 Å². The Balaban J connectivity index is 1.55. The molecule has 0 unspecified atom stereocenters. The van der Waals surface area contributed by atoms with Gasteiger partial charge in [-0.25, -0.2) is 13.1 Å². The molecule has 162 valence electrons. The van der Waals surface area contributed by atoms with Crippen molar-refractivity contribution in [2.24, 2.45) is 5.92 Å². The molecule has 3 rings (SSSR count). The van der Waals surface area contributed by atoms with Gasteiger partial charge in [-0.2, -0.15) is 0 Å². The first-order chi connectivity index (χ1) is 13.7. The number of amides is 1. The van der Waals surface area contributed by atoms with Crippen LogP contribution in [0.2, 0.25) is 0 Å². The maximum atomic E-state index is 12.9. The Morgan fingerprint density at radius 3 is 2.41 bits per heavy atom. The van der Waals surface area contributed by atoms with Crippen LogP contribution in [0.1, 0.15) is 42.6 Å². The molecule has 29 heavy (non-hydrogen) atoms. The number of ether oxygens (including phenoxy) is 1. The third-order valence-electron chi connectivity index (χ3n) is 5.54. The van der Waals surface area contributed by atoms with Crippen molar-refractivity contribution in [2.75, 3.05) is 39.0 Å². The van der Waals surface area contributed by atoms with Gasteiger partial charge in [0.1, 0.15) is 0 Å². The summed E-state index contributed by atoms with van der Waals surface area (Å²) in [4.78, 5) is 17.1. The number of hydrogen-bond donors (Lipinski definition) is 1. The second kappa shape index (κ2) is 9.55. The van der Waals surface area contributed by atoms with Crippen molar-refractivity contribution in [2.45, 2.75) is 45.4 Å². The SMILES string of the molecule is C[C@@H]1CN(Cc2ccc(C(=O)N3CCC[C@@H](CNS(C)(=O)=O)C3)cc2)C[C@H](C)O1. The minimum absolute atomic E-state index is 0.0224. The summed E-state index contributed by atoms with van der Waals surface area (Å²) in [6.45, 7) is 8.59. The molecular formula is C21H33N3O4S. The monoisotopic (exact) mass is 423 g/mol. The first-order valence-corrected chi connectivity index (χ1v) is 12.3. The third-order valence-corrected chi connectivity index (χ3v) is 6.23.